The number of carbonyl (C=O) groups is 2. The van der Waals surface area contributed by atoms with Crippen molar-refractivity contribution in [2.24, 2.45) is 0 Å². The zero-order chi connectivity index (χ0) is 24.5. The molecule has 3 aromatic rings. The van der Waals surface area contributed by atoms with Crippen molar-refractivity contribution < 1.29 is 14.3 Å². The summed E-state index contributed by atoms with van der Waals surface area (Å²) in [6.45, 7) is 6.37. The predicted octanol–water partition coefficient (Wildman–Crippen LogP) is 5.11. The Bertz CT molecular complexity index is 1120. The monoisotopic (exact) mass is 478 g/mol. The Morgan fingerprint density at radius 2 is 1.68 bits per heavy atom. The number of halogens is 1. The highest BCUT2D eigenvalue weighted by molar-refractivity contribution is 6.30. The molecule has 0 fully saturated rings. The van der Waals surface area contributed by atoms with Gasteiger partial charge in [-0.15, -0.1) is 0 Å². The van der Waals surface area contributed by atoms with Crippen LogP contribution in [-0.2, 0) is 22.6 Å². The molecule has 2 amide bonds. The Balaban J connectivity index is 1.91. The molecule has 0 saturated heterocycles. The summed E-state index contributed by atoms with van der Waals surface area (Å²) >= 11 is 6.20. The quantitative estimate of drug-likeness (QED) is 0.440. The molecule has 0 radical (unpaired) electrons. The van der Waals surface area contributed by atoms with E-state index in [-0.39, 0.29) is 25.0 Å². The molecule has 0 spiro atoms. The Morgan fingerprint density at radius 1 is 0.971 bits per heavy atom. The van der Waals surface area contributed by atoms with Crippen molar-refractivity contribution in [2.75, 3.05) is 13.2 Å². The molecule has 1 N–H and O–H groups in total. The van der Waals surface area contributed by atoms with Gasteiger partial charge in [0.1, 0.15) is 11.8 Å². The molecule has 3 aromatic carbocycles. The molecule has 0 aliphatic rings. The third-order valence-electron chi connectivity index (χ3n) is 5.77. The Hall–Kier alpha value is -3.31. The molecule has 1 atom stereocenters. The summed E-state index contributed by atoms with van der Waals surface area (Å²) in [7, 11) is 0. The average molecular weight is 479 g/mol. The first-order valence-corrected chi connectivity index (χ1v) is 11.8. The van der Waals surface area contributed by atoms with Crippen molar-refractivity contribution in [1.29, 1.82) is 0 Å². The largest absolute Gasteiger partial charge is 0.483 e. The van der Waals surface area contributed by atoms with Crippen LogP contribution in [0, 0.1) is 13.8 Å². The lowest BCUT2D eigenvalue weighted by Gasteiger charge is -2.31. The number of benzene rings is 3. The van der Waals surface area contributed by atoms with Gasteiger partial charge >= 0.3 is 0 Å². The second-order valence-electron chi connectivity index (χ2n) is 8.24. The summed E-state index contributed by atoms with van der Waals surface area (Å²) < 4.78 is 5.91. The summed E-state index contributed by atoms with van der Waals surface area (Å²) in [6, 6.07) is 22.1. The zero-order valence-electron chi connectivity index (χ0n) is 19.9. The van der Waals surface area contributed by atoms with Crippen molar-refractivity contribution in [3.8, 4) is 5.75 Å². The normalized spacial score (nSPS) is 11.5. The molecule has 0 aliphatic heterocycles. The SMILES string of the molecule is CCNC(=O)[C@H](Cc1ccccc1)N(Cc1cccc(Cl)c1)C(=O)COc1cccc(C)c1C. The lowest BCUT2D eigenvalue weighted by molar-refractivity contribution is -0.142. The van der Waals surface area contributed by atoms with Gasteiger partial charge < -0.3 is 15.0 Å². The van der Waals surface area contributed by atoms with Crippen molar-refractivity contribution in [3.63, 3.8) is 0 Å². The smallest absolute Gasteiger partial charge is 0.261 e. The van der Waals surface area contributed by atoms with E-state index >= 15 is 0 Å². The van der Waals surface area contributed by atoms with Crippen molar-refractivity contribution in [2.45, 2.75) is 39.8 Å². The maximum Gasteiger partial charge on any atom is 0.261 e. The third-order valence-corrected chi connectivity index (χ3v) is 6.01. The number of nitrogens with zero attached hydrogens (tertiary/aromatic N) is 1. The molecule has 0 heterocycles. The summed E-state index contributed by atoms with van der Waals surface area (Å²) in [6.07, 6.45) is 0.391. The van der Waals surface area contributed by atoms with Crippen LogP contribution in [0.15, 0.2) is 72.8 Å². The molecule has 0 aliphatic carbocycles. The number of ether oxygens (including phenoxy) is 1. The van der Waals surface area contributed by atoms with E-state index in [4.69, 9.17) is 16.3 Å². The Kier molecular flexibility index (Phi) is 9.11. The Morgan fingerprint density at radius 3 is 2.38 bits per heavy atom. The highest BCUT2D eigenvalue weighted by Crippen LogP contribution is 2.22. The van der Waals surface area contributed by atoms with E-state index in [1.54, 1.807) is 11.0 Å². The van der Waals surface area contributed by atoms with Gasteiger partial charge in [0, 0.05) is 24.5 Å². The molecule has 34 heavy (non-hydrogen) atoms. The summed E-state index contributed by atoms with van der Waals surface area (Å²) in [4.78, 5) is 28.3. The molecule has 0 aromatic heterocycles. The number of nitrogens with one attached hydrogen (secondary N) is 1. The van der Waals surface area contributed by atoms with E-state index in [9.17, 15) is 9.59 Å². The van der Waals surface area contributed by atoms with Crippen LogP contribution in [0.1, 0.15) is 29.2 Å². The lowest BCUT2D eigenvalue weighted by atomic mass is 10.0. The standard InChI is InChI=1S/C28H31ClN2O3/c1-4-30-28(33)25(17-22-11-6-5-7-12-22)31(18-23-13-9-14-24(29)16-23)27(32)19-34-26-15-8-10-20(2)21(26)3/h5-16,25H,4,17-19H2,1-3H3,(H,30,33)/t25-/m0/s1. The molecule has 3 rings (SSSR count). The van der Waals surface area contributed by atoms with Gasteiger partial charge in [0.15, 0.2) is 6.61 Å². The van der Waals surface area contributed by atoms with Gasteiger partial charge in [-0.3, -0.25) is 9.59 Å². The molecule has 0 unspecified atom stereocenters. The highest BCUT2D eigenvalue weighted by atomic mass is 35.5. The van der Waals surface area contributed by atoms with Crippen molar-refractivity contribution >= 4 is 23.4 Å². The first kappa shape index (κ1) is 25.3. The second-order valence-corrected chi connectivity index (χ2v) is 8.67. The topological polar surface area (TPSA) is 58.6 Å². The van der Waals surface area contributed by atoms with Crippen LogP contribution in [0.3, 0.4) is 0 Å². The van der Waals surface area contributed by atoms with E-state index in [1.807, 2.05) is 87.5 Å². The number of hydrogen-bond acceptors (Lipinski definition) is 3. The molecule has 5 nitrogen and oxygen atoms in total. The van der Waals surface area contributed by atoms with Gasteiger partial charge in [-0.05, 0) is 61.2 Å². The fourth-order valence-corrected chi connectivity index (χ4v) is 3.99. The number of amides is 2. The fourth-order valence-electron chi connectivity index (χ4n) is 3.78. The molecular weight excluding hydrogens is 448 g/mol. The van der Waals surface area contributed by atoms with E-state index in [0.29, 0.717) is 23.7 Å². The number of carbonyl (C=O) groups excluding carboxylic acids is 2. The van der Waals surface area contributed by atoms with Crippen LogP contribution in [-0.4, -0.2) is 35.9 Å². The molecule has 178 valence electrons. The summed E-state index contributed by atoms with van der Waals surface area (Å²) in [5, 5.41) is 3.47. The van der Waals surface area contributed by atoms with E-state index in [0.717, 1.165) is 22.3 Å². The van der Waals surface area contributed by atoms with Crippen molar-refractivity contribution in [1.82, 2.24) is 10.2 Å². The lowest BCUT2D eigenvalue weighted by Crippen LogP contribution is -2.51. The van der Waals surface area contributed by atoms with Gasteiger partial charge in [-0.1, -0.05) is 66.2 Å². The zero-order valence-corrected chi connectivity index (χ0v) is 20.6. The van der Waals surface area contributed by atoms with Gasteiger partial charge in [0.05, 0.1) is 0 Å². The number of rotatable bonds is 10. The maximum atomic E-state index is 13.5. The predicted molar refractivity (Wildman–Crippen MR) is 136 cm³/mol. The Labute approximate surface area is 206 Å². The van der Waals surface area contributed by atoms with Crippen LogP contribution >= 0.6 is 11.6 Å². The molecule has 0 saturated carbocycles. The maximum absolute atomic E-state index is 13.5. The van der Waals surface area contributed by atoms with E-state index < -0.39 is 6.04 Å². The number of likely N-dealkylation sites (N-methyl/N-ethyl adjacent to an activating group) is 1. The number of hydrogen-bond donors (Lipinski definition) is 1. The molecule has 6 heteroatoms. The van der Waals surface area contributed by atoms with Crippen LogP contribution < -0.4 is 10.1 Å². The van der Waals surface area contributed by atoms with Crippen LogP contribution in [0.4, 0.5) is 0 Å². The minimum atomic E-state index is -0.698. The van der Waals surface area contributed by atoms with Gasteiger partial charge in [0.25, 0.3) is 5.91 Å². The van der Waals surface area contributed by atoms with Crippen molar-refractivity contribution in [3.05, 3.63) is 100 Å². The average Bonchev–Trinajstić information content (AvgIpc) is 2.83. The summed E-state index contributed by atoms with van der Waals surface area (Å²) in [5.41, 5.74) is 3.89. The van der Waals surface area contributed by atoms with Gasteiger partial charge in [-0.2, -0.15) is 0 Å². The molecule has 0 bridgehead atoms. The van der Waals surface area contributed by atoms with Gasteiger partial charge in [0.2, 0.25) is 5.91 Å². The minimum Gasteiger partial charge on any atom is -0.483 e. The minimum absolute atomic E-state index is 0.171. The second kappa shape index (κ2) is 12.2. The first-order chi connectivity index (χ1) is 16.4. The molecular formula is C28H31ClN2O3. The van der Waals surface area contributed by atoms with Crippen LogP contribution in [0.2, 0.25) is 5.02 Å². The van der Waals surface area contributed by atoms with Crippen LogP contribution in [0.5, 0.6) is 5.75 Å². The summed E-state index contributed by atoms with van der Waals surface area (Å²) in [5.74, 6) is 0.190. The first-order valence-electron chi connectivity index (χ1n) is 11.4. The van der Waals surface area contributed by atoms with Crippen LogP contribution in [0.25, 0.3) is 0 Å². The third kappa shape index (κ3) is 6.84. The number of aryl methyl sites for hydroxylation is 1. The van der Waals surface area contributed by atoms with E-state index in [1.165, 1.54) is 0 Å². The fraction of sp³-hybridized carbons (Fsp3) is 0.286. The van der Waals surface area contributed by atoms with E-state index in [2.05, 4.69) is 5.32 Å². The van der Waals surface area contributed by atoms with Gasteiger partial charge in [-0.25, -0.2) is 0 Å². The highest BCUT2D eigenvalue weighted by Gasteiger charge is 2.30.